The van der Waals surface area contributed by atoms with Crippen LogP contribution in [-0.2, 0) is 6.42 Å². The maximum atomic E-state index is 6.89. The molecule has 0 radical (unpaired) electrons. The molecular weight excluding hydrogens is 462 g/mol. The SMILES string of the molecule is c1ccc2c(c1)CCC[C@H]2N1CCC2(CC1)Oc1ccccc1[C@@H]1CC(c3ccc4c(c3)OCO4)=NN12. The van der Waals surface area contributed by atoms with Crippen LogP contribution in [0.3, 0.4) is 0 Å². The highest BCUT2D eigenvalue weighted by Gasteiger charge is 2.52. The van der Waals surface area contributed by atoms with E-state index in [4.69, 9.17) is 19.3 Å². The first kappa shape index (κ1) is 21.6. The van der Waals surface area contributed by atoms with E-state index in [1.165, 1.54) is 36.0 Å². The normalized spacial score (nSPS) is 25.2. The molecule has 6 heteroatoms. The Morgan fingerprint density at radius 3 is 2.54 bits per heavy atom. The van der Waals surface area contributed by atoms with Gasteiger partial charge in [0.2, 0.25) is 12.5 Å². The van der Waals surface area contributed by atoms with E-state index < -0.39 is 5.72 Å². The third kappa shape index (κ3) is 3.38. The van der Waals surface area contributed by atoms with Crippen molar-refractivity contribution in [1.29, 1.82) is 0 Å². The number of hydrogen-bond donors (Lipinski definition) is 0. The Morgan fingerprint density at radius 1 is 0.811 bits per heavy atom. The summed E-state index contributed by atoms with van der Waals surface area (Å²) >= 11 is 0. The molecule has 1 fully saturated rings. The van der Waals surface area contributed by atoms with E-state index in [1.54, 1.807) is 0 Å². The monoisotopic (exact) mass is 493 g/mol. The van der Waals surface area contributed by atoms with Crippen molar-refractivity contribution in [2.45, 2.75) is 56.3 Å². The first-order valence-electron chi connectivity index (χ1n) is 13.6. The summed E-state index contributed by atoms with van der Waals surface area (Å²) in [4.78, 5) is 2.70. The van der Waals surface area contributed by atoms with Crippen molar-refractivity contribution in [2.24, 2.45) is 5.10 Å². The molecule has 188 valence electrons. The zero-order chi connectivity index (χ0) is 24.4. The fourth-order valence-corrected chi connectivity index (χ4v) is 7.10. The van der Waals surface area contributed by atoms with Gasteiger partial charge in [0.15, 0.2) is 11.5 Å². The molecular formula is C31H31N3O3. The number of hydrazone groups is 1. The Bertz CT molecular complexity index is 1390. The van der Waals surface area contributed by atoms with Gasteiger partial charge in [-0.1, -0.05) is 42.5 Å². The molecule has 2 atom stereocenters. The number of para-hydroxylation sites is 1. The molecule has 0 aromatic heterocycles. The second-order valence-electron chi connectivity index (χ2n) is 10.9. The summed E-state index contributed by atoms with van der Waals surface area (Å²) in [7, 11) is 0. The van der Waals surface area contributed by atoms with Crippen LogP contribution in [-0.4, -0.2) is 41.2 Å². The summed E-state index contributed by atoms with van der Waals surface area (Å²) in [5.41, 5.74) is 6.06. The number of rotatable bonds is 2. The number of nitrogens with zero attached hydrogens (tertiary/aromatic N) is 3. The molecule has 3 aromatic rings. The highest BCUT2D eigenvalue weighted by Crippen LogP contribution is 2.51. The minimum atomic E-state index is -0.415. The van der Waals surface area contributed by atoms with Gasteiger partial charge in [0, 0.05) is 49.5 Å². The molecule has 0 N–H and O–H groups in total. The minimum absolute atomic E-state index is 0.187. The zero-order valence-electron chi connectivity index (χ0n) is 20.9. The molecule has 6 nitrogen and oxygen atoms in total. The van der Waals surface area contributed by atoms with Gasteiger partial charge >= 0.3 is 0 Å². The topological polar surface area (TPSA) is 46.5 Å². The summed E-state index contributed by atoms with van der Waals surface area (Å²) in [6.07, 6.45) is 6.46. The average Bonchev–Trinajstić information content (AvgIpc) is 3.61. The Morgan fingerprint density at radius 2 is 1.62 bits per heavy atom. The number of hydrogen-bond acceptors (Lipinski definition) is 6. The maximum Gasteiger partial charge on any atom is 0.231 e. The minimum Gasteiger partial charge on any atom is -0.466 e. The van der Waals surface area contributed by atoms with Gasteiger partial charge in [0.1, 0.15) is 5.75 Å². The van der Waals surface area contributed by atoms with Crippen LogP contribution in [0.5, 0.6) is 17.2 Å². The molecule has 37 heavy (non-hydrogen) atoms. The molecule has 1 spiro atoms. The Kier molecular flexibility index (Phi) is 4.81. The van der Waals surface area contributed by atoms with Crippen molar-refractivity contribution in [2.75, 3.05) is 19.9 Å². The Labute approximate surface area is 217 Å². The number of aryl methyl sites for hydroxylation is 1. The molecule has 0 unspecified atom stereocenters. The van der Waals surface area contributed by atoms with Gasteiger partial charge in [-0.25, -0.2) is 5.01 Å². The lowest BCUT2D eigenvalue weighted by atomic mass is 9.84. The van der Waals surface area contributed by atoms with E-state index in [-0.39, 0.29) is 12.8 Å². The number of ether oxygens (including phenoxy) is 3. The summed E-state index contributed by atoms with van der Waals surface area (Å²) in [6.45, 7) is 2.31. The lowest BCUT2D eigenvalue weighted by Crippen LogP contribution is -2.59. The van der Waals surface area contributed by atoms with Crippen molar-refractivity contribution in [1.82, 2.24) is 9.91 Å². The molecule has 0 amide bonds. The van der Waals surface area contributed by atoms with E-state index in [0.717, 1.165) is 60.9 Å². The predicted molar refractivity (Wildman–Crippen MR) is 141 cm³/mol. The molecule has 1 aliphatic carbocycles. The average molecular weight is 494 g/mol. The highest BCUT2D eigenvalue weighted by atomic mass is 16.7. The quantitative estimate of drug-likeness (QED) is 0.450. The standard InChI is InChI=1S/C31H31N3O3/c1-2-8-23-21(6-1)7-5-10-26(23)33-16-14-31(15-17-33)34-27(24-9-3-4-11-28(24)37-31)19-25(32-34)22-12-13-29-30(18-22)36-20-35-29/h1-4,6,8-9,11-13,18,26-27H,5,7,10,14-17,19-20H2/t26-,27+/m1/s1. The van der Waals surface area contributed by atoms with Gasteiger partial charge < -0.3 is 14.2 Å². The smallest absolute Gasteiger partial charge is 0.231 e. The molecule has 3 aromatic carbocycles. The fourth-order valence-electron chi connectivity index (χ4n) is 7.10. The summed E-state index contributed by atoms with van der Waals surface area (Å²) < 4.78 is 18.1. The van der Waals surface area contributed by atoms with Gasteiger partial charge in [-0.15, -0.1) is 0 Å². The lowest BCUT2D eigenvalue weighted by molar-refractivity contribution is -0.153. The van der Waals surface area contributed by atoms with Crippen molar-refractivity contribution < 1.29 is 14.2 Å². The van der Waals surface area contributed by atoms with E-state index >= 15 is 0 Å². The summed E-state index contributed by atoms with van der Waals surface area (Å²) in [5, 5.41) is 7.57. The predicted octanol–water partition coefficient (Wildman–Crippen LogP) is 5.83. The van der Waals surface area contributed by atoms with Gasteiger partial charge in [0.25, 0.3) is 0 Å². The van der Waals surface area contributed by atoms with Crippen LogP contribution in [0.15, 0.2) is 71.8 Å². The van der Waals surface area contributed by atoms with Gasteiger partial charge in [-0.05, 0) is 54.7 Å². The van der Waals surface area contributed by atoms with Crippen LogP contribution in [0.2, 0.25) is 0 Å². The van der Waals surface area contributed by atoms with E-state index in [0.29, 0.717) is 6.04 Å². The molecule has 5 aliphatic rings. The number of fused-ring (bicyclic) bond motifs is 6. The van der Waals surface area contributed by atoms with Crippen molar-refractivity contribution in [3.63, 3.8) is 0 Å². The summed E-state index contributed by atoms with van der Waals surface area (Å²) in [5.74, 6) is 2.63. The summed E-state index contributed by atoms with van der Waals surface area (Å²) in [6, 6.07) is 24.5. The molecule has 0 saturated carbocycles. The van der Waals surface area contributed by atoms with Gasteiger partial charge in [-0.2, -0.15) is 5.10 Å². The van der Waals surface area contributed by atoms with Crippen LogP contribution >= 0.6 is 0 Å². The molecule has 4 aliphatic heterocycles. The fraction of sp³-hybridized carbons (Fsp3) is 0.387. The lowest BCUT2D eigenvalue weighted by Gasteiger charge is -2.52. The number of piperidine rings is 1. The van der Waals surface area contributed by atoms with Gasteiger partial charge in [-0.3, -0.25) is 4.90 Å². The first-order valence-corrected chi connectivity index (χ1v) is 13.6. The molecule has 1 saturated heterocycles. The third-order valence-electron chi connectivity index (χ3n) is 8.97. The van der Waals surface area contributed by atoms with Crippen LogP contribution in [0, 0.1) is 0 Å². The largest absolute Gasteiger partial charge is 0.466 e. The van der Waals surface area contributed by atoms with E-state index in [2.05, 4.69) is 70.6 Å². The first-order chi connectivity index (χ1) is 18.3. The highest BCUT2D eigenvalue weighted by molar-refractivity contribution is 6.02. The second kappa shape index (κ2) is 8.25. The molecule has 8 rings (SSSR count). The van der Waals surface area contributed by atoms with E-state index in [1.807, 2.05) is 6.07 Å². The van der Waals surface area contributed by atoms with Crippen molar-refractivity contribution >= 4 is 5.71 Å². The van der Waals surface area contributed by atoms with Crippen LogP contribution < -0.4 is 14.2 Å². The zero-order valence-corrected chi connectivity index (χ0v) is 20.9. The second-order valence-corrected chi connectivity index (χ2v) is 10.9. The van der Waals surface area contributed by atoms with Crippen molar-refractivity contribution in [3.05, 3.63) is 89.0 Å². The molecule has 4 heterocycles. The van der Waals surface area contributed by atoms with Crippen LogP contribution in [0.25, 0.3) is 0 Å². The number of likely N-dealkylation sites (tertiary alicyclic amines) is 1. The molecule has 0 bridgehead atoms. The Hall–Kier alpha value is -3.51. The van der Waals surface area contributed by atoms with Crippen molar-refractivity contribution in [3.8, 4) is 17.2 Å². The van der Waals surface area contributed by atoms with Crippen LogP contribution in [0.4, 0.5) is 0 Å². The van der Waals surface area contributed by atoms with Crippen LogP contribution in [0.1, 0.15) is 66.4 Å². The maximum absolute atomic E-state index is 6.89. The number of benzene rings is 3. The van der Waals surface area contributed by atoms with E-state index in [9.17, 15) is 0 Å². The Balaban J connectivity index is 1.11. The van der Waals surface area contributed by atoms with Gasteiger partial charge in [0.05, 0.1) is 11.8 Å². The third-order valence-corrected chi connectivity index (χ3v) is 8.97.